The van der Waals surface area contributed by atoms with Gasteiger partial charge in [-0.05, 0) is 69.8 Å². The Morgan fingerprint density at radius 2 is 1.24 bits per heavy atom. The molecule has 1 aliphatic carbocycles. The molecule has 6 heteroatoms. The van der Waals surface area contributed by atoms with Crippen LogP contribution in [0.3, 0.4) is 0 Å². The van der Waals surface area contributed by atoms with Crippen LogP contribution in [0.25, 0.3) is 32.7 Å². The molecular formula is C44H38N4O2. The van der Waals surface area contributed by atoms with Gasteiger partial charge in [0.25, 0.3) is 0 Å². The van der Waals surface area contributed by atoms with Crippen LogP contribution < -0.4 is 26.5 Å². The molecule has 0 fully saturated rings. The van der Waals surface area contributed by atoms with E-state index in [1.54, 1.807) is 0 Å². The molecule has 2 unspecified atom stereocenters. The Balaban J connectivity index is 1.13. The SMILES string of the molecule is CCC1(Cc2ccccc2)N=c2cc/c(=C3/C(=O)C(c4ccc5c6c(cccc46)NC(CC)(Cc4ccccc4)N5)=C3O)c3cccc(c23)N1. The zero-order chi connectivity index (χ0) is 34.0. The Labute approximate surface area is 290 Å². The van der Waals surface area contributed by atoms with Gasteiger partial charge in [0.2, 0.25) is 5.78 Å². The highest BCUT2D eigenvalue weighted by Gasteiger charge is 2.39. The van der Waals surface area contributed by atoms with Crippen LogP contribution in [0.2, 0.25) is 0 Å². The molecule has 246 valence electrons. The number of nitrogens with one attached hydrogen (secondary N) is 3. The first kappa shape index (κ1) is 30.2. The van der Waals surface area contributed by atoms with Crippen molar-refractivity contribution in [3.05, 3.63) is 154 Å². The lowest BCUT2D eigenvalue weighted by molar-refractivity contribution is -0.109. The molecule has 0 spiro atoms. The highest BCUT2D eigenvalue weighted by molar-refractivity contribution is 6.53. The van der Waals surface area contributed by atoms with Crippen molar-refractivity contribution in [3.63, 3.8) is 0 Å². The number of anilines is 3. The van der Waals surface area contributed by atoms with Crippen LogP contribution in [-0.4, -0.2) is 22.2 Å². The molecule has 6 aromatic rings. The fourth-order valence-corrected chi connectivity index (χ4v) is 8.24. The van der Waals surface area contributed by atoms with Crippen molar-refractivity contribution in [1.29, 1.82) is 0 Å². The van der Waals surface area contributed by atoms with E-state index >= 15 is 0 Å². The quantitative estimate of drug-likeness (QED) is 0.139. The molecule has 0 radical (unpaired) electrons. The van der Waals surface area contributed by atoms with E-state index in [4.69, 9.17) is 4.99 Å². The number of hydrogen-bond donors (Lipinski definition) is 4. The van der Waals surface area contributed by atoms with Gasteiger partial charge in [-0.1, -0.05) is 111 Å². The molecular weight excluding hydrogens is 617 g/mol. The first-order valence-corrected chi connectivity index (χ1v) is 17.5. The smallest absolute Gasteiger partial charge is 0.201 e. The number of Topliss-reactive ketones (excluding diaryl/α,β-unsaturated/α-hetero) is 1. The number of benzene rings is 6. The average Bonchev–Trinajstić information content (AvgIpc) is 3.14. The van der Waals surface area contributed by atoms with Crippen LogP contribution in [-0.2, 0) is 17.6 Å². The number of aliphatic hydroxyl groups excluding tert-OH is 1. The first-order chi connectivity index (χ1) is 24.4. The summed E-state index contributed by atoms with van der Waals surface area (Å²) in [6, 6.07) is 41.2. The molecule has 2 aliphatic heterocycles. The first-order valence-electron chi connectivity index (χ1n) is 17.5. The maximum absolute atomic E-state index is 14.1. The molecule has 6 nitrogen and oxygen atoms in total. The second kappa shape index (κ2) is 11.3. The molecule has 3 aliphatic rings. The van der Waals surface area contributed by atoms with Gasteiger partial charge in [0.15, 0.2) is 0 Å². The summed E-state index contributed by atoms with van der Waals surface area (Å²) >= 11 is 0. The standard InChI is InChI=1S/C44H38N4O2/c1-3-43(25-27-13-7-5-8-14-27)45-33-19-11-17-29-31(21-23-35(47-43)37(29)33)39-41(49)40(42(39)50)32-22-24-36-38-30(32)18-12-20-34(38)46-44(4-2,48-36)26-28-15-9-6-10-16-28/h5-24,45-47,49H,3-4,25-26H2,1-2H3/b40-32-. The molecule has 2 heterocycles. The van der Waals surface area contributed by atoms with Gasteiger partial charge in [-0.3, -0.25) is 9.79 Å². The number of carbonyl (C=O) groups excluding carboxylic acids is 1. The van der Waals surface area contributed by atoms with E-state index in [2.05, 4.69) is 90.5 Å². The number of rotatable bonds is 7. The minimum atomic E-state index is -0.477. The van der Waals surface area contributed by atoms with Gasteiger partial charge in [0.05, 0.1) is 16.5 Å². The lowest BCUT2D eigenvalue weighted by atomic mass is 9.79. The van der Waals surface area contributed by atoms with Gasteiger partial charge in [-0.25, -0.2) is 0 Å². The van der Waals surface area contributed by atoms with Gasteiger partial charge in [-0.15, -0.1) is 0 Å². The van der Waals surface area contributed by atoms with Gasteiger partial charge < -0.3 is 21.1 Å². The van der Waals surface area contributed by atoms with Crippen LogP contribution in [0.1, 0.15) is 43.4 Å². The van der Waals surface area contributed by atoms with E-state index in [1.165, 1.54) is 11.1 Å². The molecule has 50 heavy (non-hydrogen) atoms. The average molecular weight is 655 g/mol. The molecule has 0 saturated heterocycles. The third kappa shape index (κ3) is 4.62. The van der Waals surface area contributed by atoms with Gasteiger partial charge in [0.1, 0.15) is 17.1 Å². The van der Waals surface area contributed by atoms with E-state index in [1.807, 2.05) is 60.7 Å². The fourth-order valence-electron chi connectivity index (χ4n) is 8.24. The second-order valence-corrected chi connectivity index (χ2v) is 13.8. The van der Waals surface area contributed by atoms with Gasteiger partial charge in [-0.2, -0.15) is 0 Å². The summed E-state index contributed by atoms with van der Waals surface area (Å²) < 4.78 is 0. The van der Waals surface area contributed by atoms with Crippen LogP contribution >= 0.6 is 0 Å². The zero-order valence-corrected chi connectivity index (χ0v) is 28.2. The van der Waals surface area contributed by atoms with Crippen LogP contribution in [0.15, 0.2) is 132 Å². The Hall–Kier alpha value is -5.88. The summed E-state index contributed by atoms with van der Waals surface area (Å²) in [7, 11) is 0. The van der Waals surface area contributed by atoms with Crippen molar-refractivity contribution < 1.29 is 9.90 Å². The lowest BCUT2D eigenvalue weighted by Crippen LogP contribution is -2.49. The second-order valence-electron chi connectivity index (χ2n) is 13.8. The fraction of sp³-hybridized carbons (Fsp3) is 0.182. The largest absolute Gasteiger partial charge is 0.506 e. The molecule has 0 amide bonds. The minimum absolute atomic E-state index is 0.0350. The summed E-state index contributed by atoms with van der Waals surface area (Å²) in [6.07, 6.45) is 3.26. The molecule has 0 saturated carbocycles. The maximum Gasteiger partial charge on any atom is 0.201 e. The number of hydrogen-bond acceptors (Lipinski definition) is 6. The maximum atomic E-state index is 14.1. The van der Waals surface area contributed by atoms with E-state index in [0.717, 1.165) is 80.4 Å². The molecule has 4 N–H and O–H groups in total. The summed E-state index contributed by atoms with van der Waals surface area (Å²) in [5.74, 6) is -0.117. The Bertz CT molecular complexity index is 2510. The minimum Gasteiger partial charge on any atom is -0.506 e. The van der Waals surface area contributed by atoms with Crippen molar-refractivity contribution in [1.82, 2.24) is 0 Å². The number of ketones is 1. The normalized spacial score (nSPS) is 21.6. The van der Waals surface area contributed by atoms with Crippen LogP contribution in [0.4, 0.5) is 17.1 Å². The van der Waals surface area contributed by atoms with Crippen molar-refractivity contribution >= 4 is 55.5 Å². The topological polar surface area (TPSA) is 85.8 Å². The molecule has 2 atom stereocenters. The van der Waals surface area contributed by atoms with Gasteiger partial charge in [0, 0.05) is 40.7 Å². The number of allylic oxidation sites excluding steroid dienone is 2. The van der Waals surface area contributed by atoms with Crippen molar-refractivity contribution in [2.45, 2.75) is 50.9 Å². The van der Waals surface area contributed by atoms with Crippen LogP contribution in [0, 0.1) is 0 Å². The number of aliphatic hydroxyl groups is 1. The predicted octanol–water partition coefficient (Wildman–Crippen LogP) is 8.28. The predicted molar refractivity (Wildman–Crippen MR) is 204 cm³/mol. The Morgan fingerprint density at radius 1 is 0.600 bits per heavy atom. The van der Waals surface area contributed by atoms with E-state index in [-0.39, 0.29) is 17.2 Å². The monoisotopic (exact) mass is 654 g/mol. The lowest BCUT2D eigenvalue weighted by Gasteiger charge is -2.41. The third-order valence-corrected chi connectivity index (χ3v) is 10.9. The molecule has 0 bridgehead atoms. The van der Waals surface area contributed by atoms with Gasteiger partial charge >= 0.3 is 0 Å². The van der Waals surface area contributed by atoms with E-state index < -0.39 is 5.66 Å². The summed E-state index contributed by atoms with van der Waals surface area (Å²) in [4.78, 5) is 19.4. The number of carbonyl (C=O) groups is 1. The van der Waals surface area contributed by atoms with Crippen molar-refractivity contribution in [3.8, 4) is 0 Å². The van der Waals surface area contributed by atoms with E-state index in [0.29, 0.717) is 11.1 Å². The highest BCUT2D eigenvalue weighted by Crippen LogP contribution is 2.46. The van der Waals surface area contributed by atoms with E-state index in [9.17, 15) is 9.90 Å². The molecule has 0 aromatic heterocycles. The Kier molecular flexibility index (Phi) is 6.85. The van der Waals surface area contributed by atoms with Crippen molar-refractivity contribution in [2.24, 2.45) is 4.99 Å². The summed E-state index contributed by atoms with van der Waals surface area (Å²) in [5, 5.41) is 28.5. The van der Waals surface area contributed by atoms with Crippen LogP contribution in [0.5, 0.6) is 0 Å². The summed E-state index contributed by atoms with van der Waals surface area (Å²) in [5.41, 5.74) is 6.11. The third-order valence-electron chi connectivity index (χ3n) is 10.9. The van der Waals surface area contributed by atoms with Crippen molar-refractivity contribution in [2.75, 3.05) is 16.0 Å². The molecule has 9 rings (SSSR count). The summed E-state index contributed by atoms with van der Waals surface area (Å²) in [6.45, 7) is 4.35. The Morgan fingerprint density at radius 3 is 1.90 bits per heavy atom. The number of nitrogens with zero attached hydrogens (tertiary/aromatic N) is 1. The zero-order valence-electron chi connectivity index (χ0n) is 28.2. The molecule has 6 aromatic carbocycles. The highest BCUT2D eigenvalue weighted by atomic mass is 16.3.